The molecule has 0 radical (unpaired) electrons. The fraction of sp³-hybridized carbons (Fsp3) is 0.667. The van der Waals surface area contributed by atoms with Gasteiger partial charge >= 0.3 is 6.18 Å². The number of rotatable bonds is 7. The van der Waals surface area contributed by atoms with Gasteiger partial charge in [0.25, 0.3) is 0 Å². The summed E-state index contributed by atoms with van der Waals surface area (Å²) in [6.45, 7) is 5.18. The largest absolute Gasteiger partial charge is 0.390 e. The average molecular weight is 357 g/mol. The lowest BCUT2D eigenvalue weighted by molar-refractivity contribution is -0.137. The zero-order valence-electron chi connectivity index (χ0n) is 14.7. The second-order valence-electron chi connectivity index (χ2n) is 7.06. The predicted octanol–water partition coefficient (Wildman–Crippen LogP) is 3.04. The third kappa shape index (κ3) is 6.65. The summed E-state index contributed by atoms with van der Waals surface area (Å²) in [5.41, 5.74) is 1.05. The molecule has 0 saturated carbocycles. The lowest BCUT2D eigenvalue weighted by Gasteiger charge is -2.23. The van der Waals surface area contributed by atoms with Crippen LogP contribution in [0.1, 0.15) is 32.3 Å². The molecule has 0 bridgehead atoms. The molecule has 1 aromatic rings. The van der Waals surface area contributed by atoms with Crippen LogP contribution in [0, 0.1) is 11.8 Å². The smallest absolute Gasteiger partial charge is 0.352 e. The minimum atomic E-state index is -4.14. The molecule has 0 spiro atoms. The van der Waals surface area contributed by atoms with Crippen LogP contribution in [0.4, 0.5) is 13.2 Å². The van der Waals surface area contributed by atoms with Crippen molar-refractivity contribution < 1.29 is 18.0 Å². The van der Waals surface area contributed by atoms with Crippen molar-refractivity contribution in [3.8, 4) is 0 Å². The van der Waals surface area contributed by atoms with E-state index >= 15 is 0 Å². The van der Waals surface area contributed by atoms with E-state index in [2.05, 4.69) is 10.3 Å². The van der Waals surface area contributed by atoms with E-state index in [1.54, 1.807) is 12.4 Å². The van der Waals surface area contributed by atoms with E-state index in [1.165, 1.54) is 0 Å². The topological polar surface area (TPSA) is 45.2 Å². The van der Waals surface area contributed by atoms with Crippen LogP contribution in [0.3, 0.4) is 0 Å². The van der Waals surface area contributed by atoms with Crippen molar-refractivity contribution >= 4 is 5.91 Å². The minimum Gasteiger partial charge on any atom is -0.352 e. The Balaban J connectivity index is 1.84. The van der Waals surface area contributed by atoms with Crippen molar-refractivity contribution in [2.75, 3.05) is 19.6 Å². The van der Waals surface area contributed by atoms with Gasteiger partial charge in [-0.1, -0.05) is 13.8 Å². The zero-order chi connectivity index (χ0) is 18.4. The van der Waals surface area contributed by atoms with E-state index in [-0.39, 0.29) is 24.4 Å². The molecule has 4 nitrogen and oxygen atoms in total. The summed E-state index contributed by atoms with van der Waals surface area (Å²) in [5.74, 6) is 0.435. The molecule has 0 aromatic carbocycles. The van der Waals surface area contributed by atoms with Gasteiger partial charge in [0.2, 0.25) is 5.91 Å². The Bertz CT molecular complexity index is 548. The molecule has 1 N–H and O–H groups in total. The maximum absolute atomic E-state index is 12.4. The highest BCUT2D eigenvalue weighted by molar-refractivity contribution is 5.76. The number of nitrogens with one attached hydrogen (secondary N) is 1. The fourth-order valence-corrected chi connectivity index (χ4v) is 3.30. The number of alkyl halides is 3. The summed E-state index contributed by atoms with van der Waals surface area (Å²) in [5, 5.41) is 3.03. The zero-order valence-corrected chi connectivity index (χ0v) is 14.7. The highest BCUT2D eigenvalue weighted by atomic mass is 19.4. The van der Waals surface area contributed by atoms with Crippen molar-refractivity contribution in [2.45, 2.75) is 45.3 Å². The van der Waals surface area contributed by atoms with Gasteiger partial charge in [0.15, 0.2) is 0 Å². The normalized spacial score (nSPS) is 21.7. The Morgan fingerprint density at radius 3 is 2.60 bits per heavy atom. The molecule has 2 rings (SSSR count). The number of pyridine rings is 1. The van der Waals surface area contributed by atoms with E-state index < -0.39 is 12.6 Å². The highest BCUT2D eigenvalue weighted by Crippen LogP contribution is 2.27. The van der Waals surface area contributed by atoms with Crippen LogP contribution < -0.4 is 5.32 Å². The molecule has 140 valence electrons. The molecular formula is C18H26F3N3O. The first kappa shape index (κ1) is 19.7. The third-order valence-electron chi connectivity index (χ3n) is 4.75. The van der Waals surface area contributed by atoms with Gasteiger partial charge in [0.1, 0.15) is 0 Å². The molecular weight excluding hydrogens is 331 g/mol. The van der Waals surface area contributed by atoms with Gasteiger partial charge in [-0.05, 0) is 36.0 Å². The summed E-state index contributed by atoms with van der Waals surface area (Å²) >= 11 is 0. The monoisotopic (exact) mass is 357 g/mol. The molecule has 0 unspecified atom stereocenters. The van der Waals surface area contributed by atoms with Crippen molar-refractivity contribution in [3.63, 3.8) is 0 Å². The summed E-state index contributed by atoms with van der Waals surface area (Å²) in [4.78, 5) is 18.0. The average Bonchev–Trinajstić information content (AvgIpc) is 2.94. The predicted molar refractivity (Wildman–Crippen MR) is 89.9 cm³/mol. The summed E-state index contributed by atoms with van der Waals surface area (Å²) in [6.07, 6.45) is -0.562. The number of aromatic nitrogens is 1. The van der Waals surface area contributed by atoms with Crippen molar-refractivity contribution in [1.82, 2.24) is 15.2 Å². The maximum atomic E-state index is 12.4. The molecule has 1 saturated heterocycles. The lowest BCUT2D eigenvalue weighted by atomic mass is 9.91. The molecule has 25 heavy (non-hydrogen) atoms. The van der Waals surface area contributed by atoms with Gasteiger partial charge in [-0.15, -0.1) is 0 Å². The van der Waals surface area contributed by atoms with Gasteiger partial charge in [-0.25, -0.2) is 0 Å². The number of amides is 1. The van der Waals surface area contributed by atoms with Crippen LogP contribution in [0.5, 0.6) is 0 Å². The quantitative estimate of drug-likeness (QED) is 0.816. The Morgan fingerprint density at radius 2 is 2.00 bits per heavy atom. The first-order valence-corrected chi connectivity index (χ1v) is 8.72. The van der Waals surface area contributed by atoms with Crippen molar-refractivity contribution in [3.05, 3.63) is 30.1 Å². The maximum Gasteiger partial charge on any atom is 0.390 e. The van der Waals surface area contributed by atoms with Crippen LogP contribution in [0.25, 0.3) is 0 Å². The van der Waals surface area contributed by atoms with Crippen LogP contribution >= 0.6 is 0 Å². The second-order valence-corrected chi connectivity index (χ2v) is 7.06. The summed E-state index contributed by atoms with van der Waals surface area (Å²) in [6, 6.07) is 3.66. The highest BCUT2D eigenvalue weighted by Gasteiger charge is 2.37. The first-order valence-electron chi connectivity index (χ1n) is 8.72. The summed E-state index contributed by atoms with van der Waals surface area (Å²) in [7, 11) is 0. The molecule has 1 aromatic heterocycles. The van der Waals surface area contributed by atoms with Crippen LogP contribution in [-0.4, -0.2) is 47.6 Å². The van der Waals surface area contributed by atoms with E-state index in [9.17, 15) is 18.0 Å². The van der Waals surface area contributed by atoms with Gasteiger partial charge < -0.3 is 10.2 Å². The SMILES string of the molecule is CC(C)[C@H]1CN(CCC(F)(F)F)C[C@@H]1NC(=O)CCc1ccncc1. The van der Waals surface area contributed by atoms with Gasteiger partial charge in [-0.3, -0.25) is 9.78 Å². The van der Waals surface area contributed by atoms with Crippen LogP contribution in [0.2, 0.25) is 0 Å². The van der Waals surface area contributed by atoms with Gasteiger partial charge in [0, 0.05) is 44.5 Å². The van der Waals surface area contributed by atoms with Crippen LogP contribution in [-0.2, 0) is 11.2 Å². The van der Waals surface area contributed by atoms with E-state index in [4.69, 9.17) is 0 Å². The van der Waals surface area contributed by atoms with Crippen molar-refractivity contribution in [2.24, 2.45) is 11.8 Å². The molecule has 2 atom stereocenters. The molecule has 7 heteroatoms. The number of halogens is 3. The Labute approximate surface area is 146 Å². The molecule has 2 heterocycles. The molecule has 1 fully saturated rings. The van der Waals surface area contributed by atoms with Crippen molar-refractivity contribution in [1.29, 1.82) is 0 Å². The summed E-state index contributed by atoms with van der Waals surface area (Å²) < 4.78 is 37.3. The Hall–Kier alpha value is -1.63. The number of carbonyl (C=O) groups excluding carboxylic acids is 1. The number of hydrogen-bond donors (Lipinski definition) is 1. The number of likely N-dealkylation sites (tertiary alicyclic amines) is 1. The van der Waals surface area contributed by atoms with Gasteiger partial charge in [-0.2, -0.15) is 13.2 Å². The van der Waals surface area contributed by atoms with Gasteiger partial charge in [0.05, 0.1) is 6.42 Å². The third-order valence-corrected chi connectivity index (χ3v) is 4.75. The molecule has 1 aliphatic heterocycles. The molecule has 0 aliphatic carbocycles. The van der Waals surface area contributed by atoms with Crippen LogP contribution in [0.15, 0.2) is 24.5 Å². The number of aryl methyl sites for hydroxylation is 1. The Morgan fingerprint density at radius 1 is 1.32 bits per heavy atom. The lowest BCUT2D eigenvalue weighted by Crippen LogP contribution is -2.42. The number of hydrogen-bond acceptors (Lipinski definition) is 3. The molecule has 1 amide bonds. The fourth-order valence-electron chi connectivity index (χ4n) is 3.30. The number of nitrogens with zero attached hydrogens (tertiary/aromatic N) is 2. The standard InChI is InChI=1S/C18H26F3N3O/c1-13(2)15-11-24(10-7-18(19,20)21)12-16(15)23-17(25)4-3-14-5-8-22-9-6-14/h5-6,8-9,13,15-16H,3-4,7,10-12H2,1-2H3,(H,23,25)/t15-,16+/m1/s1. The second kappa shape index (κ2) is 8.65. The minimum absolute atomic E-state index is 0.00386. The number of carbonyl (C=O) groups is 1. The van der Waals surface area contributed by atoms with E-state index in [1.807, 2.05) is 30.9 Å². The van der Waals surface area contributed by atoms with E-state index in [0.29, 0.717) is 31.8 Å². The molecule has 1 aliphatic rings. The van der Waals surface area contributed by atoms with E-state index in [0.717, 1.165) is 5.56 Å². The Kier molecular flexibility index (Phi) is 6.81. The first-order chi connectivity index (χ1) is 11.7.